The average molecular weight is 206 g/mol. The van der Waals surface area contributed by atoms with Gasteiger partial charge in [0.05, 0.1) is 12.9 Å². The summed E-state index contributed by atoms with van der Waals surface area (Å²) >= 11 is 0. The highest BCUT2D eigenvalue weighted by Gasteiger charge is 2.13. The molecule has 0 radical (unpaired) electrons. The van der Waals surface area contributed by atoms with Crippen LogP contribution in [0, 0.1) is 6.92 Å². The van der Waals surface area contributed by atoms with Crippen LogP contribution in [0.4, 0.5) is 0 Å². The van der Waals surface area contributed by atoms with E-state index in [0.29, 0.717) is 6.42 Å². The molecule has 15 heavy (non-hydrogen) atoms. The molecule has 1 N–H and O–H groups in total. The Kier molecular flexibility index (Phi) is 2.60. The van der Waals surface area contributed by atoms with E-state index in [4.69, 9.17) is 9.52 Å². The lowest BCUT2D eigenvalue weighted by Gasteiger charge is -1.99. The fourth-order valence-electron chi connectivity index (χ4n) is 1.61. The summed E-state index contributed by atoms with van der Waals surface area (Å²) in [6, 6.07) is 3.73. The zero-order chi connectivity index (χ0) is 10.8. The standard InChI is InChI=1S/C11H14N2O2/c1-8-11(9-4-3-7-15-9)12-10(5-6-14)13(8)2/h3-4,7,14H,5-6H2,1-2H3. The van der Waals surface area contributed by atoms with Gasteiger partial charge in [-0.05, 0) is 19.1 Å². The summed E-state index contributed by atoms with van der Waals surface area (Å²) in [5.74, 6) is 1.65. The van der Waals surface area contributed by atoms with Crippen LogP contribution >= 0.6 is 0 Å². The highest BCUT2D eigenvalue weighted by atomic mass is 16.3. The van der Waals surface area contributed by atoms with Gasteiger partial charge < -0.3 is 14.1 Å². The molecule has 0 unspecified atom stereocenters. The summed E-state index contributed by atoms with van der Waals surface area (Å²) in [4.78, 5) is 4.45. The van der Waals surface area contributed by atoms with Crippen molar-refractivity contribution in [3.8, 4) is 11.5 Å². The van der Waals surface area contributed by atoms with Gasteiger partial charge in [-0.1, -0.05) is 0 Å². The molecule has 0 saturated heterocycles. The third kappa shape index (κ3) is 1.68. The van der Waals surface area contributed by atoms with E-state index in [9.17, 15) is 0 Å². The number of aromatic nitrogens is 2. The molecule has 0 saturated carbocycles. The Morgan fingerprint density at radius 1 is 1.53 bits per heavy atom. The first-order valence-electron chi connectivity index (χ1n) is 4.91. The zero-order valence-electron chi connectivity index (χ0n) is 8.90. The zero-order valence-corrected chi connectivity index (χ0v) is 8.90. The molecule has 2 aromatic heterocycles. The molecule has 0 aliphatic carbocycles. The lowest BCUT2D eigenvalue weighted by atomic mass is 10.3. The molecule has 2 rings (SSSR count). The van der Waals surface area contributed by atoms with Gasteiger partial charge in [0.15, 0.2) is 5.76 Å². The fraction of sp³-hybridized carbons (Fsp3) is 0.364. The fourth-order valence-corrected chi connectivity index (χ4v) is 1.61. The van der Waals surface area contributed by atoms with E-state index >= 15 is 0 Å². The highest BCUT2D eigenvalue weighted by molar-refractivity contribution is 5.55. The Morgan fingerprint density at radius 3 is 2.93 bits per heavy atom. The smallest absolute Gasteiger partial charge is 0.154 e. The predicted molar refractivity (Wildman–Crippen MR) is 56.4 cm³/mol. The minimum Gasteiger partial charge on any atom is -0.463 e. The molecule has 0 fully saturated rings. The number of imidazole rings is 1. The molecule has 2 aromatic rings. The first-order chi connectivity index (χ1) is 7.24. The average Bonchev–Trinajstić information content (AvgIpc) is 2.82. The van der Waals surface area contributed by atoms with Crippen molar-refractivity contribution < 1.29 is 9.52 Å². The molecule has 80 valence electrons. The van der Waals surface area contributed by atoms with E-state index in [1.165, 1.54) is 0 Å². The second-order valence-electron chi connectivity index (χ2n) is 3.47. The maximum Gasteiger partial charge on any atom is 0.154 e. The summed E-state index contributed by atoms with van der Waals surface area (Å²) in [6.07, 6.45) is 2.20. The molecule has 0 amide bonds. The summed E-state index contributed by atoms with van der Waals surface area (Å²) in [6.45, 7) is 2.10. The lowest BCUT2D eigenvalue weighted by molar-refractivity contribution is 0.295. The first kappa shape index (κ1) is 9.98. The van der Waals surface area contributed by atoms with E-state index in [0.717, 1.165) is 23.0 Å². The molecule has 0 aliphatic rings. The lowest BCUT2D eigenvalue weighted by Crippen LogP contribution is -2.01. The maximum atomic E-state index is 8.90. The van der Waals surface area contributed by atoms with Crippen LogP contribution in [0.5, 0.6) is 0 Å². The van der Waals surface area contributed by atoms with Crippen molar-refractivity contribution in [1.82, 2.24) is 9.55 Å². The maximum absolute atomic E-state index is 8.90. The van der Waals surface area contributed by atoms with Crippen molar-refractivity contribution >= 4 is 0 Å². The van der Waals surface area contributed by atoms with Crippen LogP contribution in [0.1, 0.15) is 11.5 Å². The van der Waals surface area contributed by atoms with Gasteiger partial charge in [-0.3, -0.25) is 0 Å². The van der Waals surface area contributed by atoms with Crippen LogP contribution in [0.2, 0.25) is 0 Å². The number of hydrogen-bond acceptors (Lipinski definition) is 3. The van der Waals surface area contributed by atoms with E-state index in [2.05, 4.69) is 4.98 Å². The molecule has 0 spiro atoms. The monoisotopic (exact) mass is 206 g/mol. The summed E-state index contributed by atoms with van der Waals surface area (Å²) < 4.78 is 7.29. The topological polar surface area (TPSA) is 51.2 Å². The van der Waals surface area contributed by atoms with E-state index in [1.807, 2.05) is 30.7 Å². The molecule has 4 heteroatoms. The number of aliphatic hydroxyl groups excluding tert-OH is 1. The second-order valence-corrected chi connectivity index (χ2v) is 3.47. The van der Waals surface area contributed by atoms with E-state index in [-0.39, 0.29) is 6.61 Å². The van der Waals surface area contributed by atoms with Gasteiger partial charge in [0.2, 0.25) is 0 Å². The summed E-state index contributed by atoms with van der Waals surface area (Å²) in [7, 11) is 1.94. The van der Waals surface area contributed by atoms with Crippen molar-refractivity contribution in [1.29, 1.82) is 0 Å². The van der Waals surface area contributed by atoms with Crippen molar-refractivity contribution in [2.45, 2.75) is 13.3 Å². The van der Waals surface area contributed by atoms with Crippen LogP contribution in [-0.4, -0.2) is 21.3 Å². The van der Waals surface area contributed by atoms with Crippen LogP contribution in [-0.2, 0) is 13.5 Å². The van der Waals surface area contributed by atoms with Crippen LogP contribution in [0.3, 0.4) is 0 Å². The van der Waals surface area contributed by atoms with Gasteiger partial charge >= 0.3 is 0 Å². The van der Waals surface area contributed by atoms with Crippen molar-refractivity contribution in [3.63, 3.8) is 0 Å². The minimum absolute atomic E-state index is 0.113. The quantitative estimate of drug-likeness (QED) is 0.828. The Balaban J connectivity index is 2.45. The number of nitrogens with zero attached hydrogens (tertiary/aromatic N) is 2. The number of hydrogen-bond donors (Lipinski definition) is 1. The molecule has 0 atom stereocenters. The third-order valence-corrected chi connectivity index (χ3v) is 2.56. The second kappa shape index (κ2) is 3.90. The van der Waals surface area contributed by atoms with Gasteiger partial charge in [-0.2, -0.15) is 0 Å². The van der Waals surface area contributed by atoms with Crippen molar-refractivity contribution in [2.24, 2.45) is 7.05 Å². The highest BCUT2D eigenvalue weighted by Crippen LogP contribution is 2.23. The number of furan rings is 1. The molecule has 0 aliphatic heterocycles. The molecule has 0 bridgehead atoms. The third-order valence-electron chi connectivity index (χ3n) is 2.56. The largest absolute Gasteiger partial charge is 0.463 e. The normalized spacial score (nSPS) is 10.9. The first-order valence-corrected chi connectivity index (χ1v) is 4.91. The predicted octanol–water partition coefficient (Wildman–Crippen LogP) is 1.52. The summed E-state index contributed by atoms with van der Waals surface area (Å²) in [5, 5.41) is 8.90. The van der Waals surface area contributed by atoms with Gasteiger partial charge in [-0.25, -0.2) is 4.98 Å². The molecular weight excluding hydrogens is 192 g/mol. The Morgan fingerprint density at radius 2 is 2.33 bits per heavy atom. The molecule has 4 nitrogen and oxygen atoms in total. The van der Waals surface area contributed by atoms with Crippen molar-refractivity contribution in [2.75, 3.05) is 6.61 Å². The van der Waals surface area contributed by atoms with Gasteiger partial charge in [-0.15, -0.1) is 0 Å². The Hall–Kier alpha value is -1.55. The van der Waals surface area contributed by atoms with E-state index in [1.54, 1.807) is 6.26 Å². The van der Waals surface area contributed by atoms with E-state index < -0.39 is 0 Å². The van der Waals surface area contributed by atoms with Gasteiger partial charge in [0.25, 0.3) is 0 Å². The van der Waals surface area contributed by atoms with Crippen LogP contribution < -0.4 is 0 Å². The molecular formula is C11H14N2O2. The van der Waals surface area contributed by atoms with Crippen LogP contribution in [0.25, 0.3) is 11.5 Å². The minimum atomic E-state index is 0.113. The molecule has 0 aromatic carbocycles. The SMILES string of the molecule is Cc1c(-c2ccco2)nc(CCO)n1C. The number of aliphatic hydroxyl groups is 1. The summed E-state index contributed by atoms with van der Waals surface area (Å²) in [5.41, 5.74) is 1.90. The van der Waals surface area contributed by atoms with Crippen LogP contribution in [0.15, 0.2) is 22.8 Å². The number of rotatable bonds is 3. The van der Waals surface area contributed by atoms with Gasteiger partial charge in [0, 0.05) is 19.2 Å². The Bertz CT molecular complexity index is 443. The molecule has 2 heterocycles. The van der Waals surface area contributed by atoms with Crippen molar-refractivity contribution in [3.05, 3.63) is 29.9 Å². The Labute approximate surface area is 88.2 Å². The van der Waals surface area contributed by atoms with Gasteiger partial charge in [0.1, 0.15) is 11.5 Å².